The van der Waals surface area contributed by atoms with Crippen molar-refractivity contribution in [3.8, 4) is 0 Å². The molecule has 0 aliphatic heterocycles. The molecule has 16 nitrogen and oxygen atoms in total. The number of esters is 3. The average Bonchev–Trinajstić information content (AvgIpc) is 3.80. The number of carbonyl (C=O) groups is 3. The summed E-state index contributed by atoms with van der Waals surface area (Å²) in [6.07, 6.45) is 0. The van der Waals surface area contributed by atoms with Gasteiger partial charge >= 0.3 is 17.9 Å². The van der Waals surface area contributed by atoms with Crippen LogP contribution in [0.5, 0.6) is 0 Å². The van der Waals surface area contributed by atoms with Gasteiger partial charge in [0.05, 0.1) is 33.2 Å². The molecule has 0 aliphatic rings. The maximum Gasteiger partial charge on any atom is 0.338 e. The Hall–Kier alpha value is -5.77. The topological polar surface area (TPSA) is 207 Å². The molecule has 0 aliphatic carbocycles. The van der Waals surface area contributed by atoms with E-state index in [-0.39, 0.29) is 19.8 Å². The van der Waals surface area contributed by atoms with E-state index in [0.29, 0.717) is 69.4 Å². The first-order valence-corrected chi connectivity index (χ1v) is 13.2. The highest BCUT2D eigenvalue weighted by molar-refractivity contribution is 5.94. The van der Waals surface area contributed by atoms with Crippen LogP contribution in [0.15, 0.2) is 54.6 Å². The molecule has 218 valence electrons. The summed E-state index contributed by atoms with van der Waals surface area (Å²) in [5.74, 6) is -1.56. The summed E-state index contributed by atoms with van der Waals surface area (Å²) in [7, 11) is 0. The van der Waals surface area contributed by atoms with Crippen molar-refractivity contribution >= 4 is 51.0 Å². The number of rotatable bonds is 12. The maximum absolute atomic E-state index is 12.6. The molecule has 43 heavy (non-hydrogen) atoms. The van der Waals surface area contributed by atoms with E-state index < -0.39 is 17.9 Å². The van der Waals surface area contributed by atoms with Gasteiger partial charge in [-0.25, -0.2) is 14.4 Å². The minimum Gasteiger partial charge on any atom is -0.461 e. The van der Waals surface area contributed by atoms with Gasteiger partial charge in [0, 0.05) is 19.6 Å². The lowest BCUT2D eigenvalue weighted by Gasteiger charge is -2.22. The van der Waals surface area contributed by atoms with Gasteiger partial charge in [0.2, 0.25) is 0 Å². The molecule has 3 aromatic heterocycles. The minimum absolute atomic E-state index is 0.0449. The zero-order valence-electron chi connectivity index (χ0n) is 22.5. The van der Waals surface area contributed by atoms with Crippen molar-refractivity contribution in [3.05, 3.63) is 71.3 Å². The Bertz CT molecular complexity index is 1700. The number of nitrogens with one attached hydrogen (secondary N) is 3. The number of aromatic amines is 3. The van der Waals surface area contributed by atoms with Crippen LogP contribution in [0.25, 0.3) is 33.1 Å². The van der Waals surface area contributed by atoms with Crippen LogP contribution in [0.3, 0.4) is 0 Å². The molecule has 0 atom stereocenters. The maximum atomic E-state index is 12.6. The predicted octanol–water partition coefficient (Wildman–Crippen LogP) is 1.67. The second-order valence-corrected chi connectivity index (χ2v) is 9.38. The third-order valence-corrected chi connectivity index (χ3v) is 6.61. The summed E-state index contributed by atoms with van der Waals surface area (Å²) < 4.78 is 16.4. The molecule has 0 saturated carbocycles. The Balaban J connectivity index is 1.03. The summed E-state index contributed by atoms with van der Waals surface area (Å²) in [5, 5.41) is 31.0. The molecule has 6 rings (SSSR count). The van der Waals surface area contributed by atoms with Crippen LogP contribution in [0, 0.1) is 0 Å². The van der Waals surface area contributed by atoms with E-state index in [1.165, 1.54) is 0 Å². The van der Waals surface area contributed by atoms with Crippen LogP contribution in [0.1, 0.15) is 31.1 Å². The molecule has 0 radical (unpaired) electrons. The van der Waals surface area contributed by atoms with E-state index in [1.54, 1.807) is 54.6 Å². The van der Waals surface area contributed by atoms with E-state index in [1.807, 2.05) is 4.90 Å². The van der Waals surface area contributed by atoms with E-state index in [4.69, 9.17) is 14.2 Å². The lowest BCUT2D eigenvalue weighted by Crippen LogP contribution is -2.35. The number of hydrogen-bond acceptors (Lipinski definition) is 13. The van der Waals surface area contributed by atoms with Crippen LogP contribution < -0.4 is 0 Å². The fraction of sp³-hybridized carbons (Fsp3) is 0.222. The van der Waals surface area contributed by atoms with Crippen molar-refractivity contribution in [1.82, 2.24) is 51.1 Å². The first kappa shape index (κ1) is 27.4. The number of H-pyrrole nitrogens is 3. The van der Waals surface area contributed by atoms with E-state index in [0.717, 1.165) is 0 Å². The first-order valence-electron chi connectivity index (χ1n) is 13.2. The Morgan fingerprint density at radius 1 is 0.535 bits per heavy atom. The molecule has 0 unspecified atom stereocenters. The third-order valence-electron chi connectivity index (χ3n) is 6.61. The Morgan fingerprint density at radius 2 is 0.860 bits per heavy atom. The Kier molecular flexibility index (Phi) is 7.90. The SMILES string of the molecule is O=C(OCCN(CCOC(=O)c1ccc2[nH]nnc2c1)CCOC(=O)c1ccc2[nH]nnc2c1)c1ccc2[nH]nnc2c1. The number of aromatic nitrogens is 9. The van der Waals surface area contributed by atoms with E-state index in [2.05, 4.69) is 46.2 Å². The lowest BCUT2D eigenvalue weighted by atomic mass is 10.2. The molecule has 3 N–H and O–H groups in total. The zero-order valence-corrected chi connectivity index (χ0v) is 22.5. The van der Waals surface area contributed by atoms with Gasteiger partial charge in [-0.3, -0.25) is 20.2 Å². The number of ether oxygens (including phenoxy) is 3. The standard InChI is InChI=1S/C27H24N10O6/c38-25(16-1-4-19-22(13-16)31-34-28-19)41-10-7-37(8-11-42-26(39)17-2-5-20-23(14-17)32-35-29-20)9-12-43-27(40)18-3-6-21-24(15-18)33-36-30-21/h1-6,13-15H,7-12H2,(H,28,31,34)(H,29,32,35)(H,30,33,36). The quantitative estimate of drug-likeness (QED) is 0.138. The molecule has 3 heterocycles. The van der Waals surface area contributed by atoms with Gasteiger partial charge in [0.25, 0.3) is 0 Å². The highest BCUT2D eigenvalue weighted by Gasteiger charge is 2.15. The highest BCUT2D eigenvalue weighted by atomic mass is 16.5. The van der Waals surface area contributed by atoms with Crippen molar-refractivity contribution in [2.75, 3.05) is 39.5 Å². The molecule has 0 bridgehead atoms. The second-order valence-electron chi connectivity index (χ2n) is 9.38. The number of nitrogens with zero attached hydrogens (tertiary/aromatic N) is 7. The average molecular weight is 585 g/mol. The van der Waals surface area contributed by atoms with Gasteiger partial charge in [-0.1, -0.05) is 15.6 Å². The highest BCUT2D eigenvalue weighted by Crippen LogP contribution is 2.14. The molecular weight excluding hydrogens is 560 g/mol. The van der Waals surface area contributed by atoms with E-state index >= 15 is 0 Å². The van der Waals surface area contributed by atoms with Gasteiger partial charge in [-0.05, 0) is 54.6 Å². The summed E-state index contributed by atoms with van der Waals surface area (Å²) in [5.41, 5.74) is 4.76. The molecular formula is C27H24N10O6. The van der Waals surface area contributed by atoms with Crippen molar-refractivity contribution in [1.29, 1.82) is 0 Å². The van der Waals surface area contributed by atoms with Gasteiger partial charge in [-0.2, -0.15) is 0 Å². The van der Waals surface area contributed by atoms with Crippen LogP contribution in [-0.2, 0) is 14.2 Å². The number of fused-ring (bicyclic) bond motifs is 3. The molecule has 6 aromatic rings. The predicted molar refractivity (Wildman–Crippen MR) is 149 cm³/mol. The number of carbonyl (C=O) groups excluding carboxylic acids is 3. The van der Waals surface area contributed by atoms with E-state index in [9.17, 15) is 14.4 Å². The zero-order chi connectivity index (χ0) is 29.6. The fourth-order valence-corrected chi connectivity index (χ4v) is 4.29. The smallest absolute Gasteiger partial charge is 0.338 e. The van der Waals surface area contributed by atoms with Gasteiger partial charge in [0.15, 0.2) is 0 Å². The Labute approximate surface area is 241 Å². The minimum atomic E-state index is -0.519. The van der Waals surface area contributed by atoms with Crippen molar-refractivity contribution in [3.63, 3.8) is 0 Å². The summed E-state index contributed by atoms with van der Waals surface area (Å²) in [6.45, 7) is 1.02. The molecule has 0 amide bonds. The molecule has 0 fully saturated rings. The lowest BCUT2D eigenvalue weighted by molar-refractivity contribution is 0.0331. The molecule has 0 saturated heterocycles. The molecule has 3 aromatic carbocycles. The normalized spacial score (nSPS) is 11.4. The fourth-order valence-electron chi connectivity index (χ4n) is 4.29. The van der Waals surface area contributed by atoms with Crippen molar-refractivity contribution in [2.24, 2.45) is 0 Å². The largest absolute Gasteiger partial charge is 0.461 e. The van der Waals surface area contributed by atoms with Gasteiger partial charge in [0.1, 0.15) is 36.4 Å². The molecule has 16 heteroatoms. The van der Waals surface area contributed by atoms with Crippen LogP contribution >= 0.6 is 0 Å². The monoisotopic (exact) mass is 584 g/mol. The van der Waals surface area contributed by atoms with Crippen molar-refractivity contribution < 1.29 is 28.6 Å². The van der Waals surface area contributed by atoms with Crippen LogP contribution in [0.2, 0.25) is 0 Å². The summed E-state index contributed by atoms with van der Waals surface area (Å²) in [4.78, 5) is 39.7. The van der Waals surface area contributed by atoms with Crippen molar-refractivity contribution in [2.45, 2.75) is 0 Å². The van der Waals surface area contributed by atoms with Gasteiger partial charge in [-0.15, -0.1) is 15.3 Å². The van der Waals surface area contributed by atoms with Crippen LogP contribution in [-0.4, -0.2) is 108 Å². The first-order chi connectivity index (χ1) is 21.0. The molecule has 0 spiro atoms. The number of hydrogen-bond donors (Lipinski definition) is 3. The summed E-state index contributed by atoms with van der Waals surface area (Å²) >= 11 is 0. The second kappa shape index (κ2) is 12.4. The number of benzene rings is 3. The van der Waals surface area contributed by atoms with Crippen LogP contribution in [0.4, 0.5) is 0 Å². The summed E-state index contributed by atoms with van der Waals surface area (Å²) in [6, 6.07) is 14.7. The van der Waals surface area contributed by atoms with Gasteiger partial charge < -0.3 is 14.2 Å². The third kappa shape index (κ3) is 6.43. The Morgan fingerprint density at radius 3 is 1.19 bits per heavy atom.